The number of piperidine rings is 1. The van der Waals surface area contributed by atoms with Gasteiger partial charge in [0.1, 0.15) is 17.5 Å². The van der Waals surface area contributed by atoms with Crippen LogP contribution in [0.2, 0.25) is 0 Å². The minimum atomic E-state index is -0.546. The average molecular weight is 608 g/mol. The number of rotatable bonds is 9. The van der Waals surface area contributed by atoms with Crippen molar-refractivity contribution in [3.05, 3.63) is 51.9 Å². The number of imidazole rings is 1. The zero-order valence-electron chi connectivity index (χ0n) is 27.8. The number of hydrogen-bond acceptors (Lipinski definition) is 7. The molecule has 0 aliphatic carbocycles. The smallest absolute Gasteiger partial charge is 0.410 e. The van der Waals surface area contributed by atoms with Crippen LogP contribution in [-0.4, -0.2) is 61.9 Å². The Morgan fingerprint density at radius 2 is 1.86 bits per heavy atom. The van der Waals surface area contributed by atoms with Gasteiger partial charge in [-0.05, 0) is 90.0 Å². The summed E-state index contributed by atoms with van der Waals surface area (Å²) >= 11 is 0. The van der Waals surface area contributed by atoms with Gasteiger partial charge in [0.2, 0.25) is 0 Å². The van der Waals surface area contributed by atoms with Crippen LogP contribution in [-0.2, 0) is 34.4 Å². The monoisotopic (exact) mass is 607 g/mol. The van der Waals surface area contributed by atoms with Crippen LogP contribution in [0.15, 0.2) is 35.3 Å². The number of nitrogens with one attached hydrogen (secondary N) is 1. The molecule has 1 aliphatic heterocycles. The summed E-state index contributed by atoms with van der Waals surface area (Å²) in [5.41, 5.74) is 3.73. The maximum absolute atomic E-state index is 12.9. The topological polar surface area (TPSA) is 108 Å². The molecule has 0 spiro atoms. The van der Waals surface area contributed by atoms with Gasteiger partial charge in [0.05, 0.1) is 17.1 Å². The fourth-order valence-electron chi connectivity index (χ4n) is 5.78. The molecule has 1 N–H and O–H groups in total. The number of aromatic nitrogens is 3. The number of esters is 1. The number of likely N-dealkylation sites (tertiary alicyclic amines) is 1. The lowest BCUT2D eigenvalue weighted by Crippen LogP contribution is -2.43. The number of aryl methyl sites for hydroxylation is 2. The largest absolute Gasteiger partial charge is 0.462 e. The van der Waals surface area contributed by atoms with Crippen LogP contribution in [0.5, 0.6) is 0 Å². The van der Waals surface area contributed by atoms with E-state index in [1.807, 2.05) is 72.6 Å². The molecule has 4 rings (SSSR count). The van der Waals surface area contributed by atoms with Crippen molar-refractivity contribution in [2.45, 2.75) is 99.1 Å². The Kier molecular flexibility index (Phi) is 10.2. The lowest BCUT2D eigenvalue weighted by atomic mass is 9.98. The summed E-state index contributed by atoms with van der Waals surface area (Å²) in [5, 5.41) is 3.38. The quantitative estimate of drug-likeness (QED) is 0.324. The third-order valence-corrected chi connectivity index (χ3v) is 7.84. The van der Waals surface area contributed by atoms with Gasteiger partial charge in [-0.1, -0.05) is 19.9 Å². The van der Waals surface area contributed by atoms with Gasteiger partial charge in [0.25, 0.3) is 5.56 Å². The molecule has 0 saturated carbocycles. The lowest BCUT2D eigenvalue weighted by Gasteiger charge is -2.34. The van der Waals surface area contributed by atoms with E-state index in [1.54, 1.807) is 11.6 Å². The van der Waals surface area contributed by atoms with Crippen LogP contribution in [0.3, 0.4) is 0 Å². The molecule has 0 radical (unpaired) electrons. The number of fused-ring (bicyclic) bond motifs is 1. The van der Waals surface area contributed by atoms with Crippen LogP contribution in [0.4, 0.5) is 4.79 Å². The van der Waals surface area contributed by atoms with Gasteiger partial charge >= 0.3 is 12.1 Å². The van der Waals surface area contributed by atoms with Gasteiger partial charge in [-0.25, -0.2) is 9.78 Å². The maximum Gasteiger partial charge on any atom is 0.410 e. The highest BCUT2D eigenvalue weighted by Gasteiger charge is 2.29. The van der Waals surface area contributed by atoms with E-state index in [4.69, 9.17) is 14.5 Å². The van der Waals surface area contributed by atoms with Crippen molar-refractivity contribution in [3.8, 4) is 11.4 Å². The Labute approximate surface area is 260 Å². The molecule has 10 nitrogen and oxygen atoms in total. The van der Waals surface area contributed by atoms with E-state index in [0.29, 0.717) is 31.7 Å². The molecule has 1 saturated heterocycles. The zero-order chi connectivity index (χ0) is 32.3. The first-order valence-corrected chi connectivity index (χ1v) is 15.7. The molecule has 0 unspecified atom stereocenters. The Balaban J connectivity index is 1.66. The highest BCUT2D eigenvalue weighted by atomic mass is 16.6. The number of carbonyl (C=O) groups is 2. The molecule has 2 atom stereocenters. The van der Waals surface area contributed by atoms with E-state index in [0.717, 1.165) is 40.8 Å². The molecular weight excluding hydrogens is 558 g/mol. The second-order valence-electron chi connectivity index (χ2n) is 13.7. The lowest BCUT2D eigenvalue weighted by molar-refractivity contribution is -0.151. The summed E-state index contributed by atoms with van der Waals surface area (Å²) in [4.78, 5) is 44.9. The van der Waals surface area contributed by atoms with E-state index < -0.39 is 11.6 Å². The second-order valence-corrected chi connectivity index (χ2v) is 13.7. The molecule has 3 heterocycles. The molecule has 10 heteroatoms. The van der Waals surface area contributed by atoms with Crippen molar-refractivity contribution in [1.82, 2.24) is 24.3 Å². The Hall–Kier alpha value is -3.66. The Morgan fingerprint density at radius 1 is 1.14 bits per heavy atom. The highest BCUT2D eigenvalue weighted by molar-refractivity contribution is 5.81. The summed E-state index contributed by atoms with van der Waals surface area (Å²) in [6.07, 6.45) is 3.26. The van der Waals surface area contributed by atoms with Crippen molar-refractivity contribution < 1.29 is 19.1 Å². The maximum atomic E-state index is 12.9. The van der Waals surface area contributed by atoms with E-state index in [9.17, 15) is 14.4 Å². The molecule has 240 valence electrons. The summed E-state index contributed by atoms with van der Waals surface area (Å²) < 4.78 is 14.9. The van der Waals surface area contributed by atoms with Crippen LogP contribution in [0.1, 0.15) is 72.4 Å². The van der Waals surface area contributed by atoms with Crippen molar-refractivity contribution in [2.75, 3.05) is 13.1 Å². The minimum Gasteiger partial charge on any atom is -0.462 e. The van der Waals surface area contributed by atoms with Gasteiger partial charge in [-0.3, -0.25) is 9.59 Å². The number of ether oxygens (including phenoxy) is 2. The van der Waals surface area contributed by atoms with Crippen LogP contribution < -0.4 is 10.9 Å². The summed E-state index contributed by atoms with van der Waals surface area (Å²) in [6.45, 7) is 17.6. The first-order valence-electron chi connectivity index (χ1n) is 15.7. The number of carbonyl (C=O) groups excluding carboxylic acids is 2. The number of nitrogens with zero attached hydrogens (tertiary/aromatic N) is 4. The average Bonchev–Trinajstić information content (AvgIpc) is 3.27. The molecule has 1 aromatic carbocycles. The zero-order valence-corrected chi connectivity index (χ0v) is 27.8. The number of amides is 1. The molecule has 1 amide bonds. The standard InChI is InChI=1S/C34H49N5O5/c1-21(2)29(32(41)43-22(3)4)35-17-24-12-13-28-27(16-24)36-30(26-15-23(5)31(40)37(9)20-26)39(28)19-25-11-10-14-38(18-25)33(42)44-34(6,7)8/h12-13,15-16,20-22,25,29,35H,10-11,14,17-19H2,1-9H3/t25-,29+/m1/s1. The SMILES string of the molecule is Cc1cc(-c2nc3cc(CN[C@H](C(=O)OC(C)C)C(C)C)ccc3n2C[C@@H]2CCCN(C(=O)OC(C)(C)C)C2)cn(C)c1=O. The van der Waals surface area contributed by atoms with Gasteiger partial charge in [0.15, 0.2) is 0 Å². The molecule has 44 heavy (non-hydrogen) atoms. The Bertz CT molecular complexity index is 1520. The van der Waals surface area contributed by atoms with Crippen molar-refractivity contribution >= 4 is 23.1 Å². The van der Waals surface area contributed by atoms with Gasteiger partial charge in [-0.2, -0.15) is 0 Å². The van der Waals surface area contributed by atoms with Gasteiger partial charge in [0, 0.05) is 50.6 Å². The normalized spacial score (nSPS) is 16.5. The molecule has 0 bridgehead atoms. The summed E-state index contributed by atoms with van der Waals surface area (Å²) in [6, 6.07) is 7.65. The van der Waals surface area contributed by atoms with E-state index in [1.165, 1.54) is 0 Å². The van der Waals surface area contributed by atoms with Crippen LogP contribution in [0, 0.1) is 18.8 Å². The van der Waals surface area contributed by atoms with Crippen molar-refractivity contribution in [3.63, 3.8) is 0 Å². The third-order valence-electron chi connectivity index (χ3n) is 7.84. The van der Waals surface area contributed by atoms with Crippen LogP contribution >= 0.6 is 0 Å². The first kappa shape index (κ1) is 33.2. The predicted molar refractivity (Wildman–Crippen MR) is 172 cm³/mol. The summed E-state index contributed by atoms with van der Waals surface area (Å²) in [5.74, 6) is 0.806. The van der Waals surface area contributed by atoms with Crippen molar-refractivity contribution in [2.24, 2.45) is 18.9 Å². The number of benzene rings is 1. The van der Waals surface area contributed by atoms with Crippen LogP contribution in [0.25, 0.3) is 22.4 Å². The Morgan fingerprint density at radius 3 is 2.50 bits per heavy atom. The predicted octanol–water partition coefficient (Wildman–Crippen LogP) is 5.42. The highest BCUT2D eigenvalue weighted by Crippen LogP contribution is 2.29. The summed E-state index contributed by atoms with van der Waals surface area (Å²) in [7, 11) is 1.75. The fourth-order valence-corrected chi connectivity index (χ4v) is 5.78. The fraction of sp³-hybridized carbons (Fsp3) is 0.588. The molecule has 2 aromatic heterocycles. The van der Waals surface area contributed by atoms with E-state index >= 15 is 0 Å². The van der Waals surface area contributed by atoms with Gasteiger partial charge in [-0.15, -0.1) is 0 Å². The van der Waals surface area contributed by atoms with Gasteiger partial charge < -0.3 is 28.8 Å². The van der Waals surface area contributed by atoms with E-state index in [-0.39, 0.29) is 35.6 Å². The van der Waals surface area contributed by atoms with E-state index in [2.05, 4.69) is 28.1 Å². The minimum absolute atomic E-state index is 0.0410. The molecular formula is C34H49N5O5. The number of pyridine rings is 1. The molecule has 1 aliphatic rings. The molecule has 3 aromatic rings. The number of hydrogen-bond donors (Lipinski definition) is 1. The second kappa shape index (κ2) is 13.5. The van der Waals surface area contributed by atoms with Crippen molar-refractivity contribution in [1.29, 1.82) is 0 Å². The first-order chi connectivity index (χ1) is 20.6. The molecule has 1 fully saturated rings. The third kappa shape index (κ3) is 8.08.